The monoisotopic (exact) mass is 418 g/mol. The number of thioether (sulfide) groups is 1. The summed E-state index contributed by atoms with van der Waals surface area (Å²) in [7, 11) is 0. The van der Waals surface area contributed by atoms with Gasteiger partial charge in [0.25, 0.3) is 0 Å². The Labute approximate surface area is 137 Å². The summed E-state index contributed by atoms with van der Waals surface area (Å²) in [6.45, 7) is 1.04. The zero-order valence-electron chi connectivity index (χ0n) is 10.5. The van der Waals surface area contributed by atoms with Crippen LogP contribution in [0.5, 0.6) is 0 Å². The van der Waals surface area contributed by atoms with Crippen LogP contribution in [-0.2, 0) is 6.42 Å². The molecule has 2 aromatic rings. The minimum atomic E-state index is 0.406. The van der Waals surface area contributed by atoms with Crippen LogP contribution >= 0.6 is 43.6 Å². The number of hydrogen-bond donors (Lipinski definition) is 1. The molecule has 8 heteroatoms. The van der Waals surface area contributed by atoms with E-state index in [9.17, 15) is 0 Å². The van der Waals surface area contributed by atoms with Crippen LogP contribution in [0.15, 0.2) is 25.7 Å². The number of aromatic nitrogens is 3. The van der Waals surface area contributed by atoms with Crippen LogP contribution in [0.2, 0.25) is 0 Å². The van der Waals surface area contributed by atoms with E-state index in [0.717, 1.165) is 27.7 Å². The molecule has 1 N–H and O–H groups in total. The Morgan fingerprint density at radius 3 is 3.10 bits per heavy atom. The van der Waals surface area contributed by atoms with E-state index in [2.05, 4.69) is 52.3 Å². The number of nitrogens with one attached hydrogen (secondary N) is 1. The van der Waals surface area contributed by atoms with E-state index in [1.54, 1.807) is 6.20 Å². The van der Waals surface area contributed by atoms with Gasteiger partial charge in [0.2, 0.25) is 11.7 Å². The average Bonchev–Trinajstić information content (AvgIpc) is 2.88. The van der Waals surface area contributed by atoms with Gasteiger partial charge in [0, 0.05) is 45.7 Å². The van der Waals surface area contributed by atoms with E-state index in [4.69, 9.17) is 4.52 Å². The highest BCUT2D eigenvalue weighted by Gasteiger charge is 2.19. The molecule has 2 aromatic heterocycles. The standard InChI is InChI=1S/C12H12Br2N4OS/c13-7-3-9(14)11(16-5-7)12-17-10(19-18-12)4-8-6-20-2-1-15-8/h3,5,8,15H,1-2,4,6H2. The van der Waals surface area contributed by atoms with Crippen LogP contribution < -0.4 is 5.32 Å². The van der Waals surface area contributed by atoms with Crippen molar-refractivity contribution in [2.45, 2.75) is 12.5 Å². The Morgan fingerprint density at radius 1 is 1.45 bits per heavy atom. The molecule has 0 aliphatic carbocycles. The van der Waals surface area contributed by atoms with E-state index < -0.39 is 0 Å². The maximum absolute atomic E-state index is 5.32. The fourth-order valence-electron chi connectivity index (χ4n) is 1.97. The summed E-state index contributed by atoms with van der Waals surface area (Å²) in [5.74, 6) is 3.42. The lowest BCUT2D eigenvalue weighted by Crippen LogP contribution is -2.38. The molecule has 0 spiro atoms. The van der Waals surface area contributed by atoms with Crippen molar-refractivity contribution < 1.29 is 4.52 Å². The second kappa shape index (κ2) is 6.55. The third kappa shape index (κ3) is 3.41. The predicted octanol–water partition coefficient (Wildman–Crippen LogP) is 2.90. The molecule has 1 unspecified atom stereocenters. The highest BCUT2D eigenvalue weighted by molar-refractivity contribution is 9.11. The molecule has 0 amide bonds. The second-order valence-electron chi connectivity index (χ2n) is 4.43. The lowest BCUT2D eigenvalue weighted by molar-refractivity contribution is 0.363. The summed E-state index contributed by atoms with van der Waals surface area (Å²) in [5, 5.41) is 7.47. The van der Waals surface area contributed by atoms with Crippen LogP contribution in [0.4, 0.5) is 0 Å². The third-order valence-electron chi connectivity index (χ3n) is 2.91. The zero-order chi connectivity index (χ0) is 13.9. The molecule has 1 aliphatic rings. The second-order valence-corrected chi connectivity index (χ2v) is 7.35. The van der Waals surface area contributed by atoms with Crippen LogP contribution in [0, 0.1) is 0 Å². The maximum Gasteiger partial charge on any atom is 0.228 e. The molecule has 0 aromatic carbocycles. The fraction of sp³-hybridized carbons (Fsp3) is 0.417. The van der Waals surface area contributed by atoms with Gasteiger partial charge in [-0.3, -0.25) is 4.98 Å². The Hall–Kier alpha value is -0.440. The average molecular weight is 420 g/mol. The van der Waals surface area contributed by atoms with Crippen molar-refractivity contribution in [3.05, 3.63) is 27.1 Å². The maximum atomic E-state index is 5.32. The molecule has 0 bridgehead atoms. The van der Waals surface area contributed by atoms with Crippen molar-refractivity contribution in [1.82, 2.24) is 20.4 Å². The lowest BCUT2D eigenvalue weighted by atomic mass is 10.2. The third-order valence-corrected chi connectivity index (χ3v) is 5.08. The van der Waals surface area contributed by atoms with E-state index in [-0.39, 0.29) is 0 Å². The molecule has 3 heterocycles. The van der Waals surface area contributed by atoms with Crippen molar-refractivity contribution in [2.75, 3.05) is 18.1 Å². The Bertz CT molecular complexity index is 601. The molecule has 0 radical (unpaired) electrons. The Morgan fingerprint density at radius 2 is 2.35 bits per heavy atom. The van der Waals surface area contributed by atoms with Gasteiger partial charge in [0.15, 0.2) is 0 Å². The van der Waals surface area contributed by atoms with E-state index in [0.29, 0.717) is 23.5 Å². The van der Waals surface area contributed by atoms with E-state index in [1.807, 2.05) is 17.8 Å². The molecular formula is C12H12Br2N4OS. The largest absolute Gasteiger partial charge is 0.339 e. The number of hydrogen-bond acceptors (Lipinski definition) is 6. The summed E-state index contributed by atoms with van der Waals surface area (Å²) in [6, 6.07) is 2.32. The lowest BCUT2D eigenvalue weighted by Gasteiger charge is -2.21. The highest BCUT2D eigenvalue weighted by atomic mass is 79.9. The summed E-state index contributed by atoms with van der Waals surface area (Å²) >= 11 is 8.79. The SMILES string of the molecule is Brc1cnc(-c2noc(CC3CSCCN3)n2)c(Br)c1. The summed E-state index contributed by atoms with van der Waals surface area (Å²) < 4.78 is 7.07. The van der Waals surface area contributed by atoms with E-state index in [1.165, 1.54) is 5.75 Å². The zero-order valence-corrected chi connectivity index (χ0v) is 14.5. The van der Waals surface area contributed by atoms with Gasteiger partial charge < -0.3 is 9.84 Å². The van der Waals surface area contributed by atoms with Gasteiger partial charge in [-0.2, -0.15) is 16.7 Å². The molecular weight excluding hydrogens is 408 g/mol. The fourth-order valence-corrected chi connectivity index (χ4v) is 4.09. The summed E-state index contributed by atoms with van der Waals surface area (Å²) in [6.07, 6.45) is 2.48. The minimum Gasteiger partial charge on any atom is -0.339 e. The Kier molecular flexibility index (Phi) is 4.75. The Balaban J connectivity index is 1.75. The molecule has 20 heavy (non-hydrogen) atoms. The van der Waals surface area contributed by atoms with Gasteiger partial charge in [0.1, 0.15) is 5.69 Å². The van der Waals surface area contributed by atoms with Gasteiger partial charge in [-0.1, -0.05) is 5.16 Å². The molecule has 5 nitrogen and oxygen atoms in total. The predicted molar refractivity (Wildman–Crippen MR) is 85.7 cm³/mol. The first kappa shape index (κ1) is 14.5. The number of nitrogens with zero attached hydrogens (tertiary/aromatic N) is 3. The van der Waals surface area contributed by atoms with Gasteiger partial charge in [0.05, 0.1) is 0 Å². The van der Waals surface area contributed by atoms with Crippen LogP contribution in [0.1, 0.15) is 5.89 Å². The molecule has 1 fully saturated rings. The van der Waals surface area contributed by atoms with Crippen LogP contribution in [0.3, 0.4) is 0 Å². The summed E-state index contributed by atoms with van der Waals surface area (Å²) in [4.78, 5) is 8.74. The van der Waals surface area contributed by atoms with Crippen LogP contribution in [0.25, 0.3) is 11.5 Å². The first-order valence-electron chi connectivity index (χ1n) is 6.17. The van der Waals surface area contributed by atoms with Crippen molar-refractivity contribution in [3.63, 3.8) is 0 Å². The van der Waals surface area contributed by atoms with E-state index >= 15 is 0 Å². The smallest absolute Gasteiger partial charge is 0.228 e. The molecule has 0 saturated carbocycles. The number of halogens is 2. The van der Waals surface area contributed by atoms with Crippen molar-refractivity contribution in [3.8, 4) is 11.5 Å². The number of rotatable bonds is 3. The van der Waals surface area contributed by atoms with Crippen LogP contribution in [-0.4, -0.2) is 39.2 Å². The molecule has 1 aliphatic heterocycles. The first-order valence-corrected chi connectivity index (χ1v) is 8.91. The minimum absolute atomic E-state index is 0.406. The quantitative estimate of drug-likeness (QED) is 0.825. The topological polar surface area (TPSA) is 63.8 Å². The molecule has 3 rings (SSSR count). The number of pyridine rings is 1. The van der Waals surface area contributed by atoms with Crippen molar-refractivity contribution >= 4 is 43.6 Å². The van der Waals surface area contributed by atoms with Crippen molar-refractivity contribution in [1.29, 1.82) is 0 Å². The summed E-state index contributed by atoms with van der Waals surface area (Å²) in [5.41, 5.74) is 0.689. The normalized spacial score (nSPS) is 19.2. The van der Waals surface area contributed by atoms with Crippen molar-refractivity contribution in [2.24, 2.45) is 0 Å². The highest BCUT2D eigenvalue weighted by Crippen LogP contribution is 2.26. The molecule has 1 saturated heterocycles. The van der Waals surface area contributed by atoms with Gasteiger partial charge >= 0.3 is 0 Å². The van der Waals surface area contributed by atoms with Gasteiger partial charge in [-0.05, 0) is 37.9 Å². The van der Waals surface area contributed by atoms with Gasteiger partial charge in [-0.25, -0.2) is 0 Å². The first-order chi connectivity index (χ1) is 9.72. The molecule has 106 valence electrons. The molecule has 1 atom stereocenters. The van der Waals surface area contributed by atoms with Gasteiger partial charge in [-0.15, -0.1) is 0 Å².